The first-order valence-electron chi connectivity index (χ1n) is 5.40. The lowest BCUT2D eigenvalue weighted by molar-refractivity contribution is 0.0913. The largest absolute Gasteiger partial charge is 0.380 e. The third-order valence-corrected chi connectivity index (χ3v) is 2.61. The fourth-order valence-corrected chi connectivity index (χ4v) is 1.86. The molecule has 1 aromatic heterocycles. The van der Waals surface area contributed by atoms with Gasteiger partial charge in [-0.1, -0.05) is 0 Å². The van der Waals surface area contributed by atoms with Gasteiger partial charge in [0.15, 0.2) is 0 Å². The van der Waals surface area contributed by atoms with E-state index in [4.69, 9.17) is 4.74 Å². The fourth-order valence-electron chi connectivity index (χ4n) is 1.40. The summed E-state index contributed by atoms with van der Waals surface area (Å²) in [4.78, 5) is 11.8. The van der Waals surface area contributed by atoms with Gasteiger partial charge >= 0.3 is 0 Å². The predicted molar refractivity (Wildman–Crippen MR) is 66.6 cm³/mol. The molecule has 0 fully saturated rings. The minimum atomic E-state index is -0.0627. The van der Waals surface area contributed by atoms with Gasteiger partial charge < -0.3 is 14.6 Å². The van der Waals surface area contributed by atoms with Crippen LogP contribution in [0.3, 0.4) is 0 Å². The van der Waals surface area contributed by atoms with Crippen molar-refractivity contribution >= 4 is 21.8 Å². The Bertz CT molecular complexity index is 350. The number of nitrogens with zero attached hydrogens (tertiary/aromatic N) is 1. The minimum Gasteiger partial charge on any atom is -0.380 e. The zero-order valence-electron chi connectivity index (χ0n) is 9.62. The Balaban J connectivity index is 2.51. The maximum Gasteiger partial charge on any atom is 0.268 e. The van der Waals surface area contributed by atoms with Gasteiger partial charge in [0.1, 0.15) is 5.69 Å². The van der Waals surface area contributed by atoms with E-state index in [1.165, 1.54) is 0 Å². The number of aryl methyl sites for hydroxylation is 1. The van der Waals surface area contributed by atoms with E-state index in [0.29, 0.717) is 25.5 Å². The van der Waals surface area contributed by atoms with Gasteiger partial charge in [0, 0.05) is 30.4 Å². The van der Waals surface area contributed by atoms with E-state index < -0.39 is 0 Å². The highest BCUT2D eigenvalue weighted by Crippen LogP contribution is 2.14. The predicted octanol–water partition coefficient (Wildman–Crippen LogP) is 2.04. The molecule has 0 atom stereocenters. The van der Waals surface area contributed by atoms with Crippen molar-refractivity contribution in [2.24, 2.45) is 0 Å². The standard InChI is InChI=1S/C11H17BrN2O2/c1-3-14-8-9(12)7-10(14)11(15)13-5-6-16-4-2/h7-8H,3-6H2,1-2H3,(H,13,15). The molecule has 5 heteroatoms. The van der Waals surface area contributed by atoms with E-state index in [0.717, 1.165) is 11.0 Å². The number of rotatable bonds is 6. The molecule has 0 aliphatic carbocycles. The number of halogens is 1. The Hall–Kier alpha value is -0.810. The second-order valence-electron chi connectivity index (χ2n) is 3.28. The van der Waals surface area contributed by atoms with E-state index in [2.05, 4.69) is 21.2 Å². The Morgan fingerprint density at radius 2 is 2.31 bits per heavy atom. The van der Waals surface area contributed by atoms with Crippen LogP contribution >= 0.6 is 15.9 Å². The number of carbonyl (C=O) groups excluding carboxylic acids is 1. The smallest absolute Gasteiger partial charge is 0.268 e. The Morgan fingerprint density at radius 1 is 1.56 bits per heavy atom. The van der Waals surface area contributed by atoms with Crippen LogP contribution < -0.4 is 5.32 Å². The molecule has 1 amide bonds. The lowest BCUT2D eigenvalue weighted by atomic mass is 10.4. The number of hydrogen-bond acceptors (Lipinski definition) is 2. The SMILES string of the molecule is CCOCCNC(=O)c1cc(Br)cn1CC. The van der Waals surface area contributed by atoms with Crippen LogP contribution in [0.2, 0.25) is 0 Å². The molecule has 16 heavy (non-hydrogen) atoms. The molecular weight excluding hydrogens is 272 g/mol. The Morgan fingerprint density at radius 3 is 2.94 bits per heavy atom. The molecule has 0 aromatic carbocycles. The third kappa shape index (κ3) is 3.64. The van der Waals surface area contributed by atoms with E-state index >= 15 is 0 Å². The van der Waals surface area contributed by atoms with E-state index in [-0.39, 0.29) is 5.91 Å². The summed E-state index contributed by atoms with van der Waals surface area (Å²) in [6, 6.07) is 1.82. The van der Waals surface area contributed by atoms with Crippen molar-refractivity contribution in [1.29, 1.82) is 0 Å². The number of aromatic nitrogens is 1. The summed E-state index contributed by atoms with van der Waals surface area (Å²) in [6.45, 7) is 6.48. The van der Waals surface area contributed by atoms with E-state index in [9.17, 15) is 4.79 Å². The molecule has 4 nitrogen and oxygen atoms in total. The average molecular weight is 289 g/mol. The minimum absolute atomic E-state index is 0.0627. The number of amides is 1. The van der Waals surface area contributed by atoms with Crippen LogP contribution in [0.1, 0.15) is 24.3 Å². The molecule has 1 N–H and O–H groups in total. The fraction of sp³-hybridized carbons (Fsp3) is 0.545. The van der Waals surface area contributed by atoms with Crippen LogP contribution in [0, 0.1) is 0 Å². The van der Waals surface area contributed by atoms with Gasteiger partial charge in [-0.25, -0.2) is 0 Å². The molecule has 1 aromatic rings. The molecule has 0 unspecified atom stereocenters. The van der Waals surface area contributed by atoms with E-state index in [1.54, 1.807) is 0 Å². The number of ether oxygens (including phenoxy) is 1. The molecule has 0 aliphatic rings. The summed E-state index contributed by atoms with van der Waals surface area (Å²) >= 11 is 3.36. The summed E-state index contributed by atoms with van der Waals surface area (Å²) in [5.74, 6) is -0.0627. The van der Waals surface area contributed by atoms with Gasteiger partial charge in [0.25, 0.3) is 5.91 Å². The maximum absolute atomic E-state index is 11.8. The summed E-state index contributed by atoms with van der Waals surface area (Å²) < 4.78 is 7.97. The van der Waals surface area contributed by atoms with Crippen molar-refractivity contribution in [2.75, 3.05) is 19.8 Å². The number of hydrogen-bond donors (Lipinski definition) is 1. The maximum atomic E-state index is 11.8. The van der Waals surface area contributed by atoms with Gasteiger partial charge in [-0.3, -0.25) is 4.79 Å². The first-order valence-corrected chi connectivity index (χ1v) is 6.20. The number of nitrogens with one attached hydrogen (secondary N) is 1. The summed E-state index contributed by atoms with van der Waals surface area (Å²) in [5, 5.41) is 2.82. The van der Waals surface area contributed by atoms with Crippen molar-refractivity contribution in [3.05, 3.63) is 22.4 Å². The molecule has 1 heterocycles. The van der Waals surface area contributed by atoms with Crippen molar-refractivity contribution in [3.8, 4) is 0 Å². The normalized spacial score (nSPS) is 10.4. The first-order chi connectivity index (χ1) is 7.69. The lowest BCUT2D eigenvalue weighted by Crippen LogP contribution is -2.29. The van der Waals surface area contributed by atoms with Gasteiger partial charge in [-0.05, 0) is 35.8 Å². The molecule has 0 saturated carbocycles. The van der Waals surface area contributed by atoms with Gasteiger partial charge in [0.05, 0.1) is 6.61 Å². The third-order valence-electron chi connectivity index (χ3n) is 2.17. The van der Waals surface area contributed by atoms with Crippen molar-refractivity contribution in [2.45, 2.75) is 20.4 Å². The highest BCUT2D eigenvalue weighted by molar-refractivity contribution is 9.10. The van der Waals surface area contributed by atoms with Crippen LogP contribution in [-0.4, -0.2) is 30.2 Å². The molecule has 0 saturated heterocycles. The van der Waals surface area contributed by atoms with Gasteiger partial charge in [-0.2, -0.15) is 0 Å². The molecule has 0 radical (unpaired) electrons. The summed E-state index contributed by atoms with van der Waals surface area (Å²) in [5.41, 5.74) is 0.672. The van der Waals surface area contributed by atoms with Crippen molar-refractivity contribution in [3.63, 3.8) is 0 Å². The van der Waals surface area contributed by atoms with Crippen molar-refractivity contribution in [1.82, 2.24) is 9.88 Å². The molecule has 0 aliphatic heterocycles. The van der Waals surface area contributed by atoms with Crippen LogP contribution in [0.25, 0.3) is 0 Å². The quantitative estimate of drug-likeness (QED) is 0.814. The molecule has 90 valence electrons. The summed E-state index contributed by atoms with van der Waals surface area (Å²) in [7, 11) is 0. The highest BCUT2D eigenvalue weighted by Gasteiger charge is 2.11. The summed E-state index contributed by atoms with van der Waals surface area (Å²) in [6.07, 6.45) is 1.90. The van der Waals surface area contributed by atoms with Gasteiger partial charge in [-0.15, -0.1) is 0 Å². The lowest BCUT2D eigenvalue weighted by Gasteiger charge is -2.07. The van der Waals surface area contributed by atoms with Crippen LogP contribution in [0.15, 0.2) is 16.7 Å². The monoisotopic (exact) mass is 288 g/mol. The second kappa shape index (κ2) is 6.70. The van der Waals surface area contributed by atoms with Crippen molar-refractivity contribution < 1.29 is 9.53 Å². The highest BCUT2D eigenvalue weighted by atomic mass is 79.9. The molecular formula is C11H17BrN2O2. The van der Waals surface area contributed by atoms with Crippen LogP contribution in [-0.2, 0) is 11.3 Å². The first kappa shape index (κ1) is 13.3. The zero-order valence-corrected chi connectivity index (χ0v) is 11.2. The molecule has 0 bridgehead atoms. The Labute approximate surface area is 104 Å². The second-order valence-corrected chi connectivity index (χ2v) is 4.20. The van der Waals surface area contributed by atoms with E-state index in [1.807, 2.05) is 30.7 Å². The van der Waals surface area contributed by atoms with Crippen LogP contribution in [0.4, 0.5) is 0 Å². The Kier molecular flexibility index (Phi) is 5.55. The average Bonchev–Trinajstić information content (AvgIpc) is 2.65. The van der Waals surface area contributed by atoms with Crippen LogP contribution in [0.5, 0.6) is 0 Å². The topological polar surface area (TPSA) is 43.3 Å². The number of carbonyl (C=O) groups is 1. The zero-order chi connectivity index (χ0) is 12.0. The molecule has 0 spiro atoms. The van der Waals surface area contributed by atoms with Gasteiger partial charge in [0.2, 0.25) is 0 Å². The molecule has 1 rings (SSSR count).